The Morgan fingerprint density at radius 3 is 2.59 bits per heavy atom. The normalized spacial score (nSPS) is 14.3. The van der Waals surface area contributed by atoms with Crippen LogP contribution in [0.4, 0.5) is 10.6 Å². The fraction of sp³-hybridized carbons (Fsp3) is 0.400. The summed E-state index contributed by atoms with van der Waals surface area (Å²) in [6.07, 6.45) is 3.10. The maximum atomic E-state index is 12.4. The minimum absolute atomic E-state index is 0.119. The Morgan fingerprint density at radius 2 is 1.93 bits per heavy atom. The number of carbonyl (C=O) groups is 2. The Balaban J connectivity index is 1.43. The van der Waals surface area contributed by atoms with Crippen LogP contribution in [-0.2, 0) is 6.54 Å². The number of likely N-dealkylation sites (tertiary alicyclic amines) is 1. The van der Waals surface area contributed by atoms with E-state index in [9.17, 15) is 9.59 Å². The van der Waals surface area contributed by atoms with E-state index in [1.807, 2.05) is 6.92 Å². The molecule has 0 atom stereocenters. The highest BCUT2D eigenvalue weighted by Crippen LogP contribution is 2.17. The van der Waals surface area contributed by atoms with Gasteiger partial charge in [-0.2, -0.15) is 0 Å². The van der Waals surface area contributed by atoms with E-state index in [1.54, 1.807) is 23.1 Å². The number of rotatable bonds is 7. The van der Waals surface area contributed by atoms with Gasteiger partial charge >= 0.3 is 12.0 Å². The zero-order valence-electron chi connectivity index (χ0n) is 16.3. The molecule has 1 aromatic heterocycles. The number of piperidine rings is 1. The van der Waals surface area contributed by atoms with Crippen LogP contribution >= 0.6 is 0 Å². The van der Waals surface area contributed by atoms with Gasteiger partial charge in [-0.15, -0.1) is 0 Å². The lowest BCUT2D eigenvalue weighted by Gasteiger charge is -2.32. The van der Waals surface area contributed by atoms with Gasteiger partial charge in [0.05, 0.1) is 12.2 Å². The highest BCUT2D eigenvalue weighted by atomic mass is 16.5. The largest absolute Gasteiger partial charge is 0.478 e. The van der Waals surface area contributed by atoms with Gasteiger partial charge < -0.3 is 25.4 Å². The molecule has 0 saturated carbocycles. The summed E-state index contributed by atoms with van der Waals surface area (Å²) in [7, 11) is 0. The second kappa shape index (κ2) is 9.72. The van der Waals surface area contributed by atoms with Crippen molar-refractivity contribution in [2.75, 3.05) is 25.0 Å². The topological polar surface area (TPSA) is 117 Å². The molecule has 0 spiro atoms. The number of benzene rings is 1. The van der Waals surface area contributed by atoms with Crippen LogP contribution in [0.25, 0.3) is 0 Å². The SMILES string of the molecule is CCOc1cc(NC2CCN(C(=O)NCc3ccc(C(=O)O)cc3)CC2)ncn1. The highest BCUT2D eigenvalue weighted by Gasteiger charge is 2.23. The smallest absolute Gasteiger partial charge is 0.335 e. The van der Waals surface area contributed by atoms with Crippen molar-refractivity contribution < 1.29 is 19.4 Å². The van der Waals surface area contributed by atoms with E-state index >= 15 is 0 Å². The average Bonchev–Trinajstić information content (AvgIpc) is 2.73. The summed E-state index contributed by atoms with van der Waals surface area (Å²) < 4.78 is 5.38. The van der Waals surface area contributed by atoms with E-state index in [0.717, 1.165) is 24.2 Å². The summed E-state index contributed by atoms with van der Waals surface area (Å²) in [6.45, 7) is 4.10. The average molecular weight is 399 g/mol. The molecule has 1 saturated heterocycles. The van der Waals surface area contributed by atoms with E-state index in [-0.39, 0.29) is 17.6 Å². The number of ether oxygens (including phenoxy) is 1. The van der Waals surface area contributed by atoms with Crippen molar-refractivity contribution in [2.24, 2.45) is 0 Å². The zero-order valence-corrected chi connectivity index (χ0v) is 16.3. The Labute approximate surface area is 169 Å². The molecule has 2 aromatic rings. The summed E-state index contributed by atoms with van der Waals surface area (Å²) in [6, 6.07) is 8.36. The number of aromatic nitrogens is 2. The summed E-state index contributed by atoms with van der Waals surface area (Å²) in [5.74, 6) is 0.294. The molecule has 3 rings (SSSR count). The number of hydrogen-bond acceptors (Lipinski definition) is 6. The molecule has 9 nitrogen and oxygen atoms in total. The van der Waals surface area contributed by atoms with Gasteiger partial charge in [-0.1, -0.05) is 12.1 Å². The van der Waals surface area contributed by atoms with E-state index in [2.05, 4.69) is 20.6 Å². The quantitative estimate of drug-likeness (QED) is 0.654. The van der Waals surface area contributed by atoms with Crippen LogP contribution in [0.15, 0.2) is 36.7 Å². The maximum Gasteiger partial charge on any atom is 0.335 e. The Hall–Kier alpha value is -3.36. The lowest BCUT2D eigenvalue weighted by atomic mass is 10.1. The molecule has 9 heteroatoms. The molecular formula is C20H25N5O4. The van der Waals surface area contributed by atoms with Crippen LogP contribution in [0.3, 0.4) is 0 Å². The molecule has 0 unspecified atom stereocenters. The van der Waals surface area contributed by atoms with E-state index in [4.69, 9.17) is 9.84 Å². The molecule has 1 aromatic carbocycles. The van der Waals surface area contributed by atoms with Gasteiger partial charge in [-0.3, -0.25) is 0 Å². The van der Waals surface area contributed by atoms with E-state index in [0.29, 0.717) is 32.1 Å². The molecule has 3 N–H and O–H groups in total. The number of hydrogen-bond donors (Lipinski definition) is 3. The number of nitrogens with one attached hydrogen (secondary N) is 2. The number of carbonyl (C=O) groups excluding carboxylic acids is 1. The van der Waals surface area contributed by atoms with Crippen molar-refractivity contribution in [3.63, 3.8) is 0 Å². The van der Waals surface area contributed by atoms with Crippen molar-refractivity contribution in [3.05, 3.63) is 47.8 Å². The zero-order chi connectivity index (χ0) is 20.6. The van der Waals surface area contributed by atoms with Crippen molar-refractivity contribution in [1.82, 2.24) is 20.2 Å². The second-order valence-corrected chi connectivity index (χ2v) is 6.74. The Kier molecular flexibility index (Phi) is 6.83. The first-order chi connectivity index (χ1) is 14.0. The lowest BCUT2D eigenvalue weighted by Crippen LogP contribution is -2.46. The number of anilines is 1. The summed E-state index contributed by atoms with van der Waals surface area (Å²) >= 11 is 0. The van der Waals surface area contributed by atoms with Crippen LogP contribution in [0, 0.1) is 0 Å². The minimum atomic E-state index is -0.965. The summed E-state index contributed by atoms with van der Waals surface area (Å²) in [5, 5.41) is 15.2. The number of aromatic carboxylic acids is 1. The van der Waals surface area contributed by atoms with Crippen LogP contribution in [0.1, 0.15) is 35.7 Å². The van der Waals surface area contributed by atoms with Gasteiger partial charge in [0, 0.05) is 31.7 Å². The molecule has 154 valence electrons. The number of carboxylic acids is 1. The predicted molar refractivity (Wildman–Crippen MR) is 107 cm³/mol. The molecule has 2 heterocycles. The Morgan fingerprint density at radius 1 is 1.21 bits per heavy atom. The van der Waals surface area contributed by atoms with Gasteiger partial charge in [0.25, 0.3) is 0 Å². The minimum Gasteiger partial charge on any atom is -0.478 e. The fourth-order valence-electron chi connectivity index (χ4n) is 3.14. The Bertz CT molecular complexity index is 835. The first-order valence-electron chi connectivity index (χ1n) is 9.61. The molecule has 1 fully saturated rings. The lowest BCUT2D eigenvalue weighted by molar-refractivity contribution is 0.0697. The number of urea groups is 1. The van der Waals surface area contributed by atoms with Crippen LogP contribution in [0.2, 0.25) is 0 Å². The van der Waals surface area contributed by atoms with Gasteiger partial charge in [-0.05, 0) is 37.5 Å². The second-order valence-electron chi connectivity index (χ2n) is 6.74. The van der Waals surface area contributed by atoms with Crippen molar-refractivity contribution in [2.45, 2.75) is 32.4 Å². The molecule has 0 aliphatic carbocycles. The van der Waals surface area contributed by atoms with Gasteiger partial charge in [-0.25, -0.2) is 19.6 Å². The standard InChI is InChI=1S/C20H25N5O4/c1-2-29-18-11-17(22-13-23-18)24-16-7-9-25(10-8-16)20(28)21-12-14-3-5-15(6-4-14)19(26)27/h3-6,11,13,16H,2,7-10,12H2,1H3,(H,21,28)(H,26,27)(H,22,23,24). The molecular weight excluding hydrogens is 374 g/mol. The van der Waals surface area contributed by atoms with E-state index < -0.39 is 5.97 Å². The molecule has 2 amide bonds. The first-order valence-corrected chi connectivity index (χ1v) is 9.61. The van der Waals surface area contributed by atoms with Crippen molar-refractivity contribution >= 4 is 17.8 Å². The molecule has 29 heavy (non-hydrogen) atoms. The number of nitrogens with zero attached hydrogens (tertiary/aromatic N) is 3. The van der Waals surface area contributed by atoms with Crippen LogP contribution < -0.4 is 15.4 Å². The number of amides is 2. The highest BCUT2D eigenvalue weighted by molar-refractivity contribution is 5.87. The summed E-state index contributed by atoms with van der Waals surface area (Å²) in [5.41, 5.74) is 1.08. The van der Waals surface area contributed by atoms with Gasteiger partial charge in [0.15, 0.2) is 0 Å². The van der Waals surface area contributed by atoms with Crippen molar-refractivity contribution in [3.8, 4) is 5.88 Å². The summed E-state index contributed by atoms with van der Waals surface area (Å²) in [4.78, 5) is 33.3. The maximum absolute atomic E-state index is 12.4. The van der Waals surface area contributed by atoms with Crippen LogP contribution in [0.5, 0.6) is 5.88 Å². The third-order valence-electron chi connectivity index (χ3n) is 4.71. The van der Waals surface area contributed by atoms with Gasteiger partial charge in [0.1, 0.15) is 12.1 Å². The predicted octanol–water partition coefficient (Wildman–Crippen LogP) is 2.36. The van der Waals surface area contributed by atoms with Gasteiger partial charge in [0.2, 0.25) is 5.88 Å². The van der Waals surface area contributed by atoms with Crippen molar-refractivity contribution in [1.29, 1.82) is 0 Å². The fourth-order valence-corrected chi connectivity index (χ4v) is 3.14. The monoisotopic (exact) mass is 399 g/mol. The third kappa shape index (κ3) is 5.81. The van der Waals surface area contributed by atoms with Crippen LogP contribution in [-0.4, -0.2) is 57.7 Å². The third-order valence-corrected chi connectivity index (χ3v) is 4.71. The first kappa shape index (κ1) is 20.4. The number of carboxylic acid groups (broad SMARTS) is 1. The molecule has 1 aliphatic rings. The molecule has 0 radical (unpaired) electrons. The molecule has 1 aliphatic heterocycles. The molecule has 0 bridgehead atoms. The van der Waals surface area contributed by atoms with E-state index in [1.165, 1.54) is 18.5 Å².